The maximum Gasteiger partial charge on any atom is 0.226 e. The highest BCUT2D eigenvalue weighted by molar-refractivity contribution is 5.53. The van der Waals surface area contributed by atoms with E-state index >= 15 is 0 Å². The van der Waals surface area contributed by atoms with Crippen LogP contribution in [0, 0.1) is 6.92 Å². The zero-order chi connectivity index (χ0) is 11.5. The molecule has 0 saturated carbocycles. The van der Waals surface area contributed by atoms with Crippen LogP contribution < -0.4 is 5.73 Å². The molecular weight excluding hydrogens is 204 g/mol. The van der Waals surface area contributed by atoms with E-state index in [0.717, 1.165) is 16.8 Å². The molecule has 1 atom stereocenters. The molecule has 0 spiro atoms. The molecule has 2 aromatic rings. The SMILES string of the molecule is Cc1coc(-c2ccc(C(N)CO)cc2)n1. The highest BCUT2D eigenvalue weighted by atomic mass is 16.3. The highest BCUT2D eigenvalue weighted by Crippen LogP contribution is 2.20. The number of hydrogen-bond acceptors (Lipinski definition) is 4. The molecule has 0 aliphatic carbocycles. The zero-order valence-corrected chi connectivity index (χ0v) is 9.05. The third-order valence-corrected chi connectivity index (χ3v) is 2.40. The molecule has 4 nitrogen and oxygen atoms in total. The fourth-order valence-corrected chi connectivity index (χ4v) is 1.46. The van der Waals surface area contributed by atoms with Gasteiger partial charge in [0.25, 0.3) is 0 Å². The normalized spacial score (nSPS) is 12.7. The van der Waals surface area contributed by atoms with Gasteiger partial charge in [-0.25, -0.2) is 4.98 Å². The minimum atomic E-state index is -0.333. The molecule has 16 heavy (non-hydrogen) atoms. The van der Waals surface area contributed by atoms with Gasteiger partial charge in [0.2, 0.25) is 5.89 Å². The number of oxazole rings is 1. The first-order valence-corrected chi connectivity index (χ1v) is 5.09. The highest BCUT2D eigenvalue weighted by Gasteiger charge is 2.07. The zero-order valence-electron chi connectivity index (χ0n) is 9.05. The van der Waals surface area contributed by atoms with Crippen molar-refractivity contribution in [2.75, 3.05) is 6.61 Å². The molecule has 1 heterocycles. The molecule has 0 saturated heterocycles. The van der Waals surface area contributed by atoms with Crippen molar-refractivity contribution in [1.82, 2.24) is 4.98 Å². The van der Waals surface area contributed by atoms with Gasteiger partial charge in [-0.15, -0.1) is 0 Å². The van der Waals surface area contributed by atoms with Gasteiger partial charge in [-0.05, 0) is 24.6 Å². The Kier molecular flexibility index (Phi) is 3.03. The van der Waals surface area contributed by atoms with Gasteiger partial charge in [-0.2, -0.15) is 0 Å². The molecule has 0 radical (unpaired) electrons. The van der Waals surface area contributed by atoms with Crippen molar-refractivity contribution < 1.29 is 9.52 Å². The van der Waals surface area contributed by atoms with E-state index in [2.05, 4.69) is 4.98 Å². The lowest BCUT2D eigenvalue weighted by atomic mass is 10.1. The molecule has 0 bridgehead atoms. The van der Waals surface area contributed by atoms with Gasteiger partial charge in [0.1, 0.15) is 6.26 Å². The summed E-state index contributed by atoms with van der Waals surface area (Å²) in [7, 11) is 0. The van der Waals surface area contributed by atoms with Crippen LogP contribution in [0.3, 0.4) is 0 Å². The summed E-state index contributed by atoms with van der Waals surface area (Å²) >= 11 is 0. The summed E-state index contributed by atoms with van der Waals surface area (Å²) in [5, 5.41) is 8.92. The first-order valence-electron chi connectivity index (χ1n) is 5.09. The van der Waals surface area contributed by atoms with Crippen LogP contribution in [0.25, 0.3) is 11.5 Å². The fraction of sp³-hybridized carbons (Fsp3) is 0.250. The second-order valence-corrected chi connectivity index (χ2v) is 3.71. The molecule has 0 amide bonds. The Morgan fingerprint density at radius 1 is 1.38 bits per heavy atom. The van der Waals surface area contributed by atoms with Crippen molar-refractivity contribution in [3.8, 4) is 11.5 Å². The average molecular weight is 218 g/mol. The van der Waals surface area contributed by atoms with E-state index in [1.807, 2.05) is 31.2 Å². The molecular formula is C12H14N2O2. The second-order valence-electron chi connectivity index (χ2n) is 3.71. The lowest BCUT2D eigenvalue weighted by molar-refractivity contribution is 0.268. The van der Waals surface area contributed by atoms with Crippen LogP contribution in [0.1, 0.15) is 17.3 Å². The second kappa shape index (κ2) is 4.47. The Morgan fingerprint density at radius 2 is 2.06 bits per heavy atom. The molecule has 0 aliphatic rings. The van der Waals surface area contributed by atoms with Crippen molar-refractivity contribution in [2.24, 2.45) is 5.73 Å². The van der Waals surface area contributed by atoms with E-state index < -0.39 is 0 Å². The topological polar surface area (TPSA) is 72.3 Å². The van der Waals surface area contributed by atoms with E-state index in [-0.39, 0.29) is 12.6 Å². The van der Waals surface area contributed by atoms with E-state index in [9.17, 15) is 0 Å². The predicted octanol–water partition coefficient (Wildman–Crippen LogP) is 1.64. The Hall–Kier alpha value is -1.65. The molecule has 84 valence electrons. The fourth-order valence-electron chi connectivity index (χ4n) is 1.46. The number of nitrogens with two attached hydrogens (primary N) is 1. The quantitative estimate of drug-likeness (QED) is 0.821. The third kappa shape index (κ3) is 2.13. The van der Waals surface area contributed by atoms with Crippen LogP contribution in [0.5, 0.6) is 0 Å². The van der Waals surface area contributed by atoms with Crippen molar-refractivity contribution in [3.05, 3.63) is 41.8 Å². The van der Waals surface area contributed by atoms with Gasteiger partial charge in [-0.1, -0.05) is 12.1 Å². The summed E-state index contributed by atoms with van der Waals surface area (Å²) in [5.41, 5.74) is 8.35. The number of aryl methyl sites for hydroxylation is 1. The van der Waals surface area contributed by atoms with Crippen molar-refractivity contribution in [2.45, 2.75) is 13.0 Å². The minimum Gasteiger partial charge on any atom is -0.444 e. The summed E-state index contributed by atoms with van der Waals surface area (Å²) < 4.78 is 5.29. The molecule has 0 fully saturated rings. The maximum absolute atomic E-state index is 8.92. The smallest absolute Gasteiger partial charge is 0.226 e. The molecule has 1 aromatic heterocycles. The molecule has 3 N–H and O–H groups in total. The van der Waals surface area contributed by atoms with E-state index in [0.29, 0.717) is 5.89 Å². The first kappa shape index (κ1) is 10.9. The molecule has 1 unspecified atom stereocenters. The summed E-state index contributed by atoms with van der Waals surface area (Å²) in [6, 6.07) is 7.18. The number of aliphatic hydroxyl groups is 1. The summed E-state index contributed by atoms with van der Waals surface area (Å²) in [6.45, 7) is 1.82. The summed E-state index contributed by atoms with van der Waals surface area (Å²) in [4.78, 5) is 4.23. The monoisotopic (exact) mass is 218 g/mol. The van der Waals surface area contributed by atoms with Crippen LogP contribution in [0.15, 0.2) is 34.9 Å². The Morgan fingerprint density at radius 3 is 2.56 bits per heavy atom. The van der Waals surface area contributed by atoms with Crippen molar-refractivity contribution in [3.63, 3.8) is 0 Å². The van der Waals surface area contributed by atoms with Gasteiger partial charge in [0.15, 0.2) is 0 Å². The maximum atomic E-state index is 8.92. The number of hydrogen-bond donors (Lipinski definition) is 2. The average Bonchev–Trinajstić information content (AvgIpc) is 2.75. The number of benzene rings is 1. The van der Waals surface area contributed by atoms with Crippen LogP contribution in [0.4, 0.5) is 0 Å². The van der Waals surface area contributed by atoms with Gasteiger partial charge < -0.3 is 15.3 Å². The van der Waals surface area contributed by atoms with E-state index in [4.69, 9.17) is 15.3 Å². The molecule has 0 aliphatic heterocycles. The summed E-state index contributed by atoms with van der Waals surface area (Å²) in [5.74, 6) is 0.599. The Labute approximate surface area is 93.7 Å². The lowest BCUT2D eigenvalue weighted by Crippen LogP contribution is -2.14. The van der Waals surface area contributed by atoms with Crippen molar-refractivity contribution >= 4 is 0 Å². The predicted molar refractivity (Wildman–Crippen MR) is 60.7 cm³/mol. The lowest BCUT2D eigenvalue weighted by Gasteiger charge is -2.08. The van der Waals surface area contributed by atoms with Crippen LogP contribution in [0.2, 0.25) is 0 Å². The van der Waals surface area contributed by atoms with Crippen LogP contribution in [-0.4, -0.2) is 16.7 Å². The van der Waals surface area contributed by atoms with Gasteiger partial charge in [0.05, 0.1) is 18.3 Å². The number of rotatable bonds is 3. The first-order chi connectivity index (χ1) is 7.70. The van der Waals surface area contributed by atoms with Gasteiger partial charge in [0, 0.05) is 5.56 Å². The van der Waals surface area contributed by atoms with Crippen LogP contribution >= 0.6 is 0 Å². The van der Waals surface area contributed by atoms with E-state index in [1.165, 1.54) is 0 Å². The molecule has 4 heteroatoms. The van der Waals surface area contributed by atoms with Crippen molar-refractivity contribution in [1.29, 1.82) is 0 Å². The number of nitrogens with zero attached hydrogens (tertiary/aromatic N) is 1. The Balaban J connectivity index is 2.25. The third-order valence-electron chi connectivity index (χ3n) is 2.40. The van der Waals surface area contributed by atoms with Gasteiger partial charge in [-0.3, -0.25) is 0 Å². The van der Waals surface area contributed by atoms with Crippen LogP contribution in [-0.2, 0) is 0 Å². The standard InChI is InChI=1S/C12H14N2O2/c1-8-7-16-12(14-8)10-4-2-9(3-5-10)11(13)6-15/h2-5,7,11,15H,6,13H2,1H3. The molecule has 1 aromatic carbocycles. The number of aromatic nitrogens is 1. The van der Waals surface area contributed by atoms with E-state index in [1.54, 1.807) is 6.26 Å². The summed E-state index contributed by atoms with van der Waals surface area (Å²) in [6.07, 6.45) is 1.61. The van der Waals surface area contributed by atoms with Gasteiger partial charge >= 0.3 is 0 Å². The molecule has 2 rings (SSSR count). The Bertz CT molecular complexity index is 462. The largest absolute Gasteiger partial charge is 0.444 e. The number of aliphatic hydroxyl groups excluding tert-OH is 1. The minimum absolute atomic E-state index is 0.0581.